The van der Waals surface area contributed by atoms with E-state index in [0.29, 0.717) is 6.04 Å². The molecule has 1 fully saturated rings. The summed E-state index contributed by atoms with van der Waals surface area (Å²) in [7, 11) is 0. The van der Waals surface area contributed by atoms with Gasteiger partial charge in [-0.05, 0) is 38.8 Å². The Labute approximate surface area is 108 Å². The molecule has 0 bridgehead atoms. The van der Waals surface area contributed by atoms with Crippen LogP contribution in [0.2, 0.25) is 0 Å². The maximum atomic E-state index is 3.60. The first-order valence-corrected chi connectivity index (χ1v) is 7.61. The Kier molecular flexibility index (Phi) is 7.14. The Balaban J connectivity index is 2.31. The quantitative estimate of drug-likeness (QED) is 0.735. The van der Waals surface area contributed by atoms with Crippen LogP contribution in [0.25, 0.3) is 0 Å². The lowest BCUT2D eigenvalue weighted by Crippen LogP contribution is -2.47. The third-order valence-corrected chi connectivity index (χ3v) is 3.97. The highest BCUT2D eigenvalue weighted by molar-refractivity contribution is 4.80. The normalized spacial score (nSPS) is 20.1. The zero-order valence-corrected chi connectivity index (χ0v) is 12.3. The predicted molar refractivity (Wildman–Crippen MR) is 76.4 cm³/mol. The fourth-order valence-corrected chi connectivity index (χ4v) is 3.04. The van der Waals surface area contributed by atoms with Crippen LogP contribution in [0.1, 0.15) is 59.8 Å². The zero-order valence-electron chi connectivity index (χ0n) is 12.3. The van der Waals surface area contributed by atoms with E-state index in [0.717, 1.165) is 25.0 Å². The van der Waals surface area contributed by atoms with Gasteiger partial charge in [-0.25, -0.2) is 0 Å². The fourth-order valence-electron chi connectivity index (χ4n) is 3.04. The monoisotopic (exact) mass is 240 g/mol. The minimum atomic E-state index is 0.682. The van der Waals surface area contributed by atoms with Crippen molar-refractivity contribution in [3.8, 4) is 0 Å². The van der Waals surface area contributed by atoms with Gasteiger partial charge in [0.15, 0.2) is 0 Å². The first-order valence-electron chi connectivity index (χ1n) is 7.61. The Hall–Kier alpha value is -0.0800. The van der Waals surface area contributed by atoms with Gasteiger partial charge in [0.2, 0.25) is 0 Å². The van der Waals surface area contributed by atoms with E-state index in [1.807, 2.05) is 0 Å². The van der Waals surface area contributed by atoms with Crippen molar-refractivity contribution in [2.24, 2.45) is 5.92 Å². The van der Waals surface area contributed by atoms with Crippen LogP contribution in [0.5, 0.6) is 0 Å². The molecule has 102 valence electrons. The second kappa shape index (κ2) is 8.10. The number of nitrogens with one attached hydrogen (secondary N) is 1. The molecule has 1 saturated carbocycles. The van der Waals surface area contributed by atoms with Gasteiger partial charge < -0.3 is 5.32 Å². The number of nitrogens with zero attached hydrogens (tertiary/aromatic N) is 1. The van der Waals surface area contributed by atoms with Gasteiger partial charge in [0, 0.05) is 18.6 Å². The van der Waals surface area contributed by atoms with Crippen LogP contribution in [0.3, 0.4) is 0 Å². The van der Waals surface area contributed by atoms with Crippen molar-refractivity contribution in [3.63, 3.8) is 0 Å². The van der Waals surface area contributed by atoms with Crippen molar-refractivity contribution in [1.82, 2.24) is 10.2 Å². The van der Waals surface area contributed by atoms with Crippen LogP contribution in [0.15, 0.2) is 0 Å². The van der Waals surface area contributed by atoms with Crippen LogP contribution >= 0.6 is 0 Å². The molecule has 0 heterocycles. The maximum absolute atomic E-state index is 3.60. The van der Waals surface area contributed by atoms with Crippen molar-refractivity contribution in [1.29, 1.82) is 0 Å². The summed E-state index contributed by atoms with van der Waals surface area (Å²) in [5, 5.41) is 3.60. The predicted octanol–water partition coefficient (Wildman–Crippen LogP) is 3.28. The smallest absolute Gasteiger partial charge is 0.0195 e. The van der Waals surface area contributed by atoms with Crippen molar-refractivity contribution in [3.05, 3.63) is 0 Å². The van der Waals surface area contributed by atoms with Crippen LogP contribution in [-0.2, 0) is 0 Å². The van der Waals surface area contributed by atoms with E-state index in [4.69, 9.17) is 0 Å². The second-order valence-electron chi connectivity index (χ2n) is 6.02. The molecule has 1 rings (SSSR count). The van der Waals surface area contributed by atoms with Gasteiger partial charge in [-0.15, -0.1) is 0 Å². The van der Waals surface area contributed by atoms with Gasteiger partial charge in [-0.2, -0.15) is 0 Å². The van der Waals surface area contributed by atoms with E-state index in [1.165, 1.54) is 38.6 Å². The minimum Gasteiger partial charge on any atom is -0.315 e. The molecular weight excluding hydrogens is 208 g/mol. The van der Waals surface area contributed by atoms with E-state index in [-0.39, 0.29) is 0 Å². The Bertz CT molecular complexity index is 185. The van der Waals surface area contributed by atoms with Crippen LogP contribution in [0.4, 0.5) is 0 Å². The first kappa shape index (κ1) is 15.0. The van der Waals surface area contributed by atoms with E-state index in [2.05, 4.69) is 37.9 Å². The van der Waals surface area contributed by atoms with Crippen molar-refractivity contribution < 1.29 is 0 Å². The molecule has 0 amide bonds. The molecule has 17 heavy (non-hydrogen) atoms. The molecule has 0 aromatic heterocycles. The number of rotatable bonds is 7. The van der Waals surface area contributed by atoms with Crippen LogP contribution < -0.4 is 5.32 Å². The third kappa shape index (κ3) is 5.39. The van der Waals surface area contributed by atoms with Gasteiger partial charge in [0.05, 0.1) is 0 Å². The average Bonchev–Trinajstić information content (AvgIpc) is 2.31. The molecular formula is C15H32N2. The van der Waals surface area contributed by atoms with Gasteiger partial charge in [-0.3, -0.25) is 4.90 Å². The minimum absolute atomic E-state index is 0.682. The third-order valence-electron chi connectivity index (χ3n) is 3.97. The average molecular weight is 240 g/mol. The summed E-state index contributed by atoms with van der Waals surface area (Å²) in [6, 6.07) is 1.53. The summed E-state index contributed by atoms with van der Waals surface area (Å²) in [6.45, 7) is 12.7. The molecule has 1 N–H and O–H groups in total. The Morgan fingerprint density at radius 3 is 2.24 bits per heavy atom. The SMILES string of the molecule is CCN(C(C)CNCC(C)C)C1CCCCC1. The molecule has 2 nitrogen and oxygen atoms in total. The van der Waals surface area contributed by atoms with Crippen molar-refractivity contribution >= 4 is 0 Å². The van der Waals surface area contributed by atoms with Crippen LogP contribution in [0, 0.1) is 5.92 Å². The van der Waals surface area contributed by atoms with Gasteiger partial charge >= 0.3 is 0 Å². The summed E-state index contributed by atoms with van der Waals surface area (Å²) in [4.78, 5) is 2.71. The van der Waals surface area contributed by atoms with Gasteiger partial charge in [0.25, 0.3) is 0 Å². The largest absolute Gasteiger partial charge is 0.315 e. The molecule has 0 spiro atoms. The van der Waals surface area contributed by atoms with E-state index < -0.39 is 0 Å². The zero-order chi connectivity index (χ0) is 12.7. The maximum Gasteiger partial charge on any atom is 0.0195 e. The molecule has 1 aliphatic carbocycles. The molecule has 0 aliphatic heterocycles. The highest BCUT2D eigenvalue weighted by Crippen LogP contribution is 2.23. The lowest BCUT2D eigenvalue weighted by molar-refractivity contribution is 0.117. The number of hydrogen-bond acceptors (Lipinski definition) is 2. The fraction of sp³-hybridized carbons (Fsp3) is 1.00. The molecule has 2 heteroatoms. The van der Waals surface area contributed by atoms with Gasteiger partial charge in [-0.1, -0.05) is 40.0 Å². The van der Waals surface area contributed by atoms with Gasteiger partial charge in [0.1, 0.15) is 0 Å². The lowest BCUT2D eigenvalue weighted by atomic mass is 9.93. The molecule has 1 atom stereocenters. The van der Waals surface area contributed by atoms with Crippen LogP contribution in [-0.4, -0.2) is 36.6 Å². The molecule has 1 aliphatic rings. The number of hydrogen-bond donors (Lipinski definition) is 1. The molecule has 0 aromatic carbocycles. The summed E-state index contributed by atoms with van der Waals surface area (Å²) in [5.41, 5.74) is 0. The Morgan fingerprint density at radius 1 is 1.06 bits per heavy atom. The molecule has 0 radical (unpaired) electrons. The van der Waals surface area contributed by atoms with Crippen molar-refractivity contribution in [2.45, 2.75) is 71.9 Å². The summed E-state index contributed by atoms with van der Waals surface area (Å²) in [5.74, 6) is 0.756. The van der Waals surface area contributed by atoms with E-state index >= 15 is 0 Å². The lowest BCUT2D eigenvalue weighted by Gasteiger charge is -2.38. The number of likely N-dealkylation sites (N-methyl/N-ethyl adjacent to an activating group) is 1. The van der Waals surface area contributed by atoms with Crippen molar-refractivity contribution in [2.75, 3.05) is 19.6 Å². The summed E-state index contributed by atoms with van der Waals surface area (Å²) >= 11 is 0. The standard InChI is InChI=1S/C15H32N2/c1-5-17(15-9-7-6-8-10-15)14(4)12-16-11-13(2)3/h13-16H,5-12H2,1-4H3. The summed E-state index contributed by atoms with van der Waals surface area (Å²) < 4.78 is 0. The molecule has 1 unspecified atom stereocenters. The second-order valence-corrected chi connectivity index (χ2v) is 6.02. The molecule has 0 saturated heterocycles. The highest BCUT2D eigenvalue weighted by Gasteiger charge is 2.23. The topological polar surface area (TPSA) is 15.3 Å². The Morgan fingerprint density at radius 2 is 1.71 bits per heavy atom. The van der Waals surface area contributed by atoms with E-state index in [9.17, 15) is 0 Å². The van der Waals surface area contributed by atoms with E-state index in [1.54, 1.807) is 0 Å². The highest BCUT2D eigenvalue weighted by atomic mass is 15.2. The first-order chi connectivity index (χ1) is 8.15. The summed E-state index contributed by atoms with van der Waals surface area (Å²) in [6.07, 6.45) is 7.17. The molecule has 0 aromatic rings.